The summed E-state index contributed by atoms with van der Waals surface area (Å²) in [5.74, 6) is 0.536. The Hall–Kier alpha value is -0.560. The summed E-state index contributed by atoms with van der Waals surface area (Å²) >= 11 is 5.00. The lowest BCUT2D eigenvalue weighted by Gasteiger charge is -2.35. The number of aliphatic hydroxyl groups excluding tert-OH is 1. The van der Waals surface area contributed by atoms with Crippen molar-refractivity contribution >= 4 is 33.6 Å². The molecule has 1 aliphatic rings. The normalized spacial score (nSPS) is 18.8. The standard InChI is InChI=1S/C15H20BrNO3S/c1-11-8-12(16)2-3-14(11)21-10-15(19)17-5-7-20-9-13(17)4-6-18/h2-3,8,13,18H,4-7,9-10H2,1H3. The van der Waals surface area contributed by atoms with Crippen molar-refractivity contribution in [2.24, 2.45) is 0 Å². The highest BCUT2D eigenvalue weighted by Crippen LogP contribution is 2.26. The van der Waals surface area contributed by atoms with E-state index in [1.54, 1.807) is 11.8 Å². The number of aliphatic hydroxyl groups is 1. The SMILES string of the molecule is Cc1cc(Br)ccc1SCC(=O)N1CCOCC1CCO. The molecule has 2 rings (SSSR count). The molecule has 116 valence electrons. The predicted octanol–water partition coefficient (Wildman–Crippen LogP) is 2.46. The summed E-state index contributed by atoms with van der Waals surface area (Å²) in [5.41, 5.74) is 1.16. The van der Waals surface area contributed by atoms with E-state index in [0.717, 1.165) is 14.9 Å². The minimum Gasteiger partial charge on any atom is -0.396 e. The summed E-state index contributed by atoms with van der Waals surface area (Å²) in [5, 5.41) is 9.09. The number of benzene rings is 1. The first kappa shape index (κ1) is 16.8. The summed E-state index contributed by atoms with van der Waals surface area (Å²) in [7, 11) is 0. The molecule has 1 amide bonds. The summed E-state index contributed by atoms with van der Waals surface area (Å²) in [6.45, 7) is 3.84. The number of thioether (sulfide) groups is 1. The quantitative estimate of drug-likeness (QED) is 0.805. The molecule has 1 saturated heterocycles. The monoisotopic (exact) mass is 373 g/mol. The number of carbonyl (C=O) groups excluding carboxylic acids is 1. The van der Waals surface area contributed by atoms with Crippen LogP contribution in [0.1, 0.15) is 12.0 Å². The van der Waals surface area contributed by atoms with Crippen molar-refractivity contribution in [2.45, 2.75) is 24.3 Å². The zero-order chi connectivity index (χ0) is 15.2. The van der Waals surface area contributed by atoms with Gasteiger partial charge < -0.3 is 14.7 Å². The van der Waals surface area contributed by atoms with Gasteiger partial charge in [-0.1, -0.05) is 15.9 Å². The van der Waals surface area contributed by atoms with Crippen molar-refractivity contribution in [1.82, 2.24) is 4.90 Å². The van der Waals surface area contributed by atoms with Crippen LogP contribution in [0.2, 0.25) is 0 Å². The highest BCUT2D eigenvalue weighted by atomic mass is 79.9. The van der Waals surface area contributed by atoms with Crippen LogP contribution in [-0.4, -0.2) is 54.1 Å². The first-order chi connectivity index (χ1) is 10.1. The minimum absolute atomic E-state index is 0.00265. The van der Waals surface area contributed by atoms with Gasteiger partial charge in [0.25, 0.3) is 0 Å². The Kier molecular flexibility index (Phi) is 6.54. The van der Waals surface area contributed by atoms with Crippen LogP contribution in [0.15, 0.2) is 27.6 Å². The molecule has 1 aromatic rings. The molecule has 0 radical (unpaired) electrons. The lowest BCUT2D eigenvalue weighted by Crippen LogP contribution is -2.49. The van der Waals surface area contributed by atoms with Gasteiger partial charge in [0.05, 0.1) is 25.0 Å². The number of amides is 1. The van der Waals surface area contributed by atoms with Crippen molar-refractivity contribution in [3.05, 3.63) is 28.2 Å². The van der Waals surface area contributed by atoms with E-state index in [4.69, 9.17) is 9.84 Å². The molecule has 0 bridgehead atoms. The number of carbonyl (C=O) groups is 1. The number of hydrogen-bond donors (Lipinski definition) is 1. The van der Waals surface area contributed by atoms with Crippen LogP contribution in [-0.2, 0) is 9.53 Å². The second-order valence-corrected chi connectivity index (χ2v) is 6.96. The number of hydrogen-bond acceptors (Lipinski definition) is 4. The third-order valence-corrected chi connectivity index (χ3v) is 5.15. The van der Waals surface area contributed by atoms with E-state index in [1.807, 2.05) is 24.0 Å². The van der Waals surface area contributed by atoms with Crippen molar-refractivity contribution in [3.63, 3.8) is 0 Å². The molecular weight excluding hydrogens is 354 g/mol. The smallest absolute Gasteiger partial charge is 0.233 e. The third kappa shape index (κ3) is 4.71. The van der Waals surface area contributed by atoms with E-state index >= 15 is 0 Å². The Morgan fingerprint density at radius 3 is 3.10 bits per heavy atom. The van der Waals surface area contributed by atoms with Gasteiger partial charge in [-0.2, -0.15) is 0 Å². The van der Waals surface area contributed by atoms with Crippen LogP contribution in [0, 0.1) is 6.92 Å². The topological polar surface area (TPSA) is 49.8 Å². The Morgan fingerprint density at radius 2 is 2.38 bits per heavy atom. The van der Waals surface area contributed by atoms with Gasteiger partial charge in [-0.05, 0) is 37.1 Å². The largest absolute Gasteiger partial charge is 0.396 e. The molecule has 1 unspecified atom stereocenters. The first-order valence-electron chi connectivity index (χ1n) is 6.99. The Labute approximate surface area is 138 Å². The van der Waals surface area contributed by atoms with Gasteiger partial charge in [-0.3, -0.25) is 4.79 Å². The van der Waals surface area contributed by atoms with Crippen LogP contribution in [0.3, 0.4) is 0 Å². The number of morpholine rings is 1. The fraction of sp³-hybridized carbons (Fsp3) is 0.533. The number of rotatable bonds is 5. The molecular formula is C15H20BrNO3S. The second-order valence-electron chi connectivity index (χ2n) is 5.03. The zero-order valence-electron chi connectivity index (χ0n) is 12.0. The zero-order valence-corrected chi connectivity index (χ0v) is 14.5. The van der Waals surface area contributed by atoms with Crippen molar-refractivity contribution in [1.29, 1.82) is 0 Å². The molecule has 1 aromatic carbocycles. The maximum Gasteiger partial charge on any atom is 0.233 e. The molecule has 1 heterocycles. The molecule has 21 heavy (non-hydrogen) atoms. The predicted molar refractivity (Wildman–Crippen MR) is 87.6 cm³/mol. The average molecular weight is 374 g/mol. The van der Waals surface area contributed by atoms with E-state index in [-0.39, 0.29) is 18.6 Å². The summed E-state index contributed by atoms with van der Waals surface area (Å²) < 4.78 is 6.44. The van der Waals surface area contributed by atoms with Crippen LogP contribution >= 0.6 is 27.7 Å². The fourth-order valence-corrected chi connectivity index (χ4v) is 3.74. The van der Waals surface area contributed by atoms with E-state index in [9.17, 15) is 4.79 Å². The molecule has 0 spiro atoms. The van der Waals surface area contributed by atoms with Gasteiger partial charge in [0, 0.05) is 22.5 Å². The molecule has 1 aliphatic heterocycles. The Balaban J connectivity index is 1.93. The van der Waals surface area contributed by atoms with Crippen molar-refractivity contribution in [3.8, 4) is 0 Å². The van der Waals surface area contributed by atoms with E-state index in [2.05, 4.69) is 22.0 Å². The lowest BCUT2D eigenvalue weighted by molar-refractivity contribution is -0.137. The van der Waals surface area contributed by atoms with E-state index < -0.39 is 0 Å². The van der Waals surface area contributed by atoms with Gasteiger partial charge in [0.1, 0.15) is 0 Å². The maximum absolute atomic E-state index is 12.4. The number of nitrogens with zero attached hydrogens (tertiary/aromatic N) is 1. The third-order valence-electron chi connectivity index (χ3n) is 3.50. The molecule has 6 heteroatoms. The Morgan fingerprint density at radius 1 is 1.57 bits per heavy atom. The van der Waals surface area contributed by atoms with E-state index in [0.29, 0.717) is 31.9 Å². The van der Waals surface area contributed by atoms with Crippen molar-refractivity contribution in [2.75, 3.05) is 32.1 Å². The lowest BCUT2D eigenvalue weighted by atomic mass is 10.1. The van der Waals surface area contributed by atoms with Gasteiger partial charge >= 0.3 is 0 Å². The molecule has 1 fully saturated rings. The Bertz CT molecular complexity index is 496. The summed E-state index contributed by atoms with van der Waals surface area (Å²) in [6.07, 6.45) is 0.577. The second kappa shape index (κ2) is 8.17. The van der Waals surface area contributed by atoms with Crippen LogP contribution in [0.25, 0.3) is 0 Å². The highest BCUT2D eigenvalue weighted by Gasteiger charge is 2.26. The van der Waals surface area contributed by atoms with Gasteiger partial charge in [-0.25, -0.2) is 0 Å². The first-order valence-corrected chi connectivity index (χ1v) is 8.76. The maximum atomic E-state index is 12.4. The fourth-order valence-electron chi connectivity index (χ4n) is 2.37. The molecule has 0 aliphatic carbocycles. The van der Waals surface area contributed by atoms with Crippen LogP contribution in [0.4, 0.5) is 0 Å². The van der Waals surface area contributed by atoms with Crippen LogP contribution < -0.4 is 0 Å². The molecule has 1 atom stereocenters. The summed E-state index contributed by atoms with van der Waals surface area (Å²) in [6, 6.07) is 6.07. The van der Waals surface area contributed by atoms with Gasteiger partial charge in [0.2, 0.25) is 5.91 Å². The average Bonchev–Trinajstić information content (AvgIpc) is 2.47. The molecule has 0 saturated carbocycles. The van der Waals surface area contributed by atoms with E-state index in [1.165, 1.54) is 0 Å². The van der Waals surface area contributed by atoms with Gasteiger partial charge in [0.15, 0.2) is 0 Å². The number of ether oxygens (including phenoxy) is 1. The highest BCUT2D eigenvalue weighted by molar-refractivity contribution is 9.10. The molecule has 0 aromatic heterocycles. The summed E-state index contributed by atoms with van der Waals surface area (Å²) in [4.78, 5) is 15.4. The molecule has 1 N–H and O–H groups in total. The van der Waals surface area contributed by atoms with Gasteiger partial charge in [-0.15, -0.1) is 11.8 Å². The minimum atomic E-state index is 0.00265. The van der Waals surface area contributed by atoms with Crippen LogP contribution in [0.5, 0.6) is 0 Å². The van der Waals surface area contributed by atoms with Crippen molar-refractivity contribution < 1.29 is 14.6 Å². The molecule has 4 nitrogen and oxygen atoms in total. The number of aryl methyl sites for hydroxylation is 1. The number of halogens is 1.